The van der Waals surface area contributed by atoms with Crippen molar-refractivity contribution in [3.63, 3.8) is 0 Å². The molecular formula is C11H10ClN3O5S. The zero-order valence-electron chi connectivity index (χ0n) is 10.4. The predicted octanol–water partition coefficient (Wildman–Crippen LogP) is 2.10. The minimum absolute atomic E-state index is 0.0384. The number of sulfonamides is 1. The molecule has 21 heavy (non-hydrogen) atoms. The van der Waals surface area contributed by atoms with Crippen molar-refractivity contribution in [2.24, 2.45) is 5.14 Å². The second-order valence-corrected chi connectivity index (χ2v) is 5.97. The molecule has 1 aromatic heterocycles. The average molecular weight is 332 g/mol. The molecule has 10 heteroatoms. The van der Waals surface area contributed by atoms with E-state index in [9.17, 15) is 18.5 Å². The van der Waals surface area contributed by atoms with Crippen LogP contribution in [0, 0.1) is 10.1 Å². The third kappa shape index (κ3) is 3.72. The molecule has 1 heterocycles. The quantitative estimate of drug-likeness (QED) is 0.637. The molecule has 0 saturated heterocycles. The van der Waals surface area contributed by atoms with Crippen LogP contribution in [0.1, 0.15) is 5.76 Å². The number of halogens is 1. The molecule has 0 saturated carbocycles. The van der Waals surface area contributed by atoms with E-state index in [2.05, 4.69) is 5.32 Å². The van der Waals surface area contributed by atoms with Crippen LogP contribution in [0.3, 0.4) is 0 Å². The van der Waals surface area contributed by atoms with Crippen molar-refractivity contribution in [2.75, 3.05) is 5.32 Å². The van der Waals surface area contributed by atoms with E-state index in [4.69, 9.17) is 21.2 Å². The molecular weight excluding hydrogens is 322 g/mol. The van der Waals surface area contributed by atoms with E-state index in [-0.39, 0.29) is 28.8 Å². The Labute approximate surface area is 124 Å². The fourth-order valence-electron chi connectivity index (χ4n) is 1.60. The highest BCUT2D eigenvalue weighted by Crippen LogP contribution is 2.28. The lowest BCUT2D eigenvalue weighted by Crippen LogP contribution is -2.10. The van der Waals surface area contributed by atoms with Crippen LogP contribution in [0.2, 0.25) is 5.02 Å². The van der Waals surface area contributed by atoms with Gasteiger partial charge in [-0.25, -0.2) is 13.6 Å². The Morgan fingerprint density at radius 2 is 2.05 bits per heavy atom. The maximum atomic E-state index is 11.1. The van der Waals surface area contributed by atoms with Crippen molar-refractivity contribution in [3.05, 3.63) is 51.2 Å². The summed E-state index contributed by atoms with van der Waals surface area (Å²) in [7, 11) is -3.92. The topological polar surface area (TPSA) is 128 Å². The molecule has 0 fully saturated rings. The monoisotopic (exact) mass is 331 g/mol. The Hall–Kier alpha value is -2.10. The highest BCUT2D eigenvalue weighted by Gasteiger charge is 2.16. The molecule has 0 aliphatic heterocycles. The first-order valence-corrected chi connectivity index (χ1v) is 7.49. The number of hydrogen-bond acceptors (Lipinski definition) is 6. The molecule has 0 spiro atoms. The highest BCUT2D eigenvalue weighted by molar-refractivity contribution is 7.89. The Morgan fingerprint density at radius 3 is 2.62 bits per heavy atom. The van der Waals surface area contributed by atoms with E-state index in [0.717, 1.165) is 0 Å². The Balaban J connectivity index is 2.18. The number of nitro benzene ring substituents is 1. The molecule has 0 unspecified atom stereocenters. The highest BCUT2D eigenvalue weighted by atomic mass is 35.5. The van der Waals surface area contributed by atoms with E-state index in [0.29, 0.717) is 5.02 Å². The molecule has 0 bridgehead atoms. The lowest BCUT2D eigenvalue weighted by molar-refractivity contribution is -0.384. The van der Waals surface area contributed by atoms with Gasteiger partial charge < -0.3 is 9.73 Å². The van der Waals surface area contributed by atoms with Gasteiger partial charge in [0.25, 0.3) is 15.7 Å². The van der Waals surface area contributed by atoms with Gasteiger partial charge in [-0.1, -0.05) is 11.6 Å². The van der Waals surface area contributed by atoms with E-state index in [1.807, 2.05) is 0 Å². The number of nitrogens with one attached hydrogen (secondary N) is 1. The predicted molar refractivity (Wildman–Crippen MR) is 75.5 cm³/mol. The standard InChI is InChI=1S/C11H10ClN3O5S/c12-7-1-3-10(15(16)17)9(5-7)14-6-8-2-4-11(20-8)21(13,18)19/h1-5,14H,6H2,(H2,13,18,19). The van der Waals surface area contributed by atoms with Crippen LogP contribution < -0.4 is 10.5 Å². The van der Waals surface area contributed by atoms with Gasteiger partial charge in [0.15, 0.2) is 0 Å². The summed E-state index contributed by atoms with van der Waals surface area (Å²) >= 11 is 5.79. The van der Waals surface area contributed by atoms with E-state index in [1.165, 1.54) is 30.3 Å². The SMILES string of the molecule is NS(=O)(=O)c1ccc(CNc2cc(Cl)ccc2[N+](=O)[O-])o1. The molecule has 0 aliphatic carbocycles. The zero-order valence-corrected chi connectivity index (χ0v) is 12.0. The fourth-order valence-corrected chi connectivity index (χ4v) is 2.25. The van der Waals surface area contributed by atoms with Crippen molar-refractivity contribution in [1.29, 1.82) is 0 Å². The molecule has 112 valence electrons. The lowest BCUT2D eigenvalue weighted by atomic mass is 10.2. The number of anilines is 1. The summed E-state index contributed by atoms with van der Waals surface area (Å²) in [6, 6.07) is 6.67. The molecule has 3 N–H and O–H groups in total. The van der Waals surface area contributed by atoms with Crippen LogP contribution in [0.4, 0.5) is 11.4 Å². The molecule has 2 aromatic rings. The number of nitrogens with zero attached hydrogens (tertiary/aromatic N) is 1. The van der Waals surface area contributed by atoms with Crippen molar-refractivity contribution >= 4 is 33.0 Å². The van der Waals surface area contributed by atoms with Gasteiger partial charge in [0.1, 0.15) is 11.4 Å². The fraction of sp³-hybridized carbons (Fsp3) is 0.0909. The number of benzene rings is 1. The van der Waals surface area contributed by atoms with Crippen molar-refractivity contribution in [3.8, 4) is 0 Å². The van der Waals surface area contributed by atoms with Crippen molar-refractivity contribution in [2.45, 2.75) is 11.6 Å². The van der Waals surface area contributed by atoms with Gasteiger partial charge in [-0.05, 0) is 24.3 Å². The van der Waals surface area contributed by atoms with Crippen LogP contribution in [0.5, 0.6) is 0 Å². The minimum Gasteiger partial charge on any atom is -0.446 e. The molecule has 2 rings (SSSR count). The maximum Gasteiger partial charge on any atom is 0.292 e. The van der Waals surface area contributed by atoms with Gasteiger partial charge >= 0.3 is 0 Å². The summed E-state index contributed by atoms with van der Waals surface area (Å²) in [5, 5.41) is 18.5. The number of furan rings is 1. The summed E-state index contributed by atoms with van der Waals surface area (Å²) in [6.45, 7) is 0.0384. The molecule has 0 aliphatic rings. The number of hydrogen-bond donors (Lipinski definition) is 2. The maximum absolute atomic E-state index is 11.1. The summed E-state index contributed by atoms with van der Waals surface area (Å²) in [5.74, 6) is 0.258. The van der Waals surface area contributed by atoms with Crippen molar-refractivity contribution < 1.29 is 17.8 Å². The first-order valence-electron chi connectivity index (χ1n) is 5.56. The Bertz CT molecular complexity index is 787. The molecule has 8 nitrogen and oxygen atoms in total. The van der Waals surface area contributed by atoms with Gasteiger partial charge in [-0.3, -0.25) is 10.1 Å². The van der Waals surface area contributed by atoms with E-state index < -0.39 is 14.9 Å². The van der Waals surface area contributed by atoms with Gasteiger partial charge in [0, 0.05) is 11.1 Å². The first kappa shape index (κ1) is 15.3. The lowest BCUT2D eigenvalue weighted by Gasteiger charge is -2.05. The summed E-state index contributed by atoms with van der Waals surface area (Å²) in [4.78, 5) is 10.3. The number of primary sulfonamides is 1. The van der Waals surface area contributed by atoms with Gasteiger partial charge in [0.2, 0.25) is 5.09 Å². The third-order valence-corrected chi connectivity index (χ3v) is 3.54. The van der Waals surface area contributed by atoms with Crippen LogP contribution in [0.25, 0.3) is 0 Å². The minimum atomic E-state index is -3.92. The van der Waals surface area contributed by atoms with Crippen molar-refractivity contribution in [1.82, 2.24) is 0 Å². The summed E-state index contributed by atoms with van der Waals surface area (Å²) in [6.07, 6.45) is 0. The normalized spacial score (nSPS) is 11.3. The van der Waals surface area contributed by atoms with Crippen LogP contribution in [-0.2, 0) is 16.6 Å². The molecule has 1 aromatic carbocycles. The Kier molecular flexibility index (Phi) is 4.16. The largest absolute Gasteiger partial charge is 0.446 e. The Morgan fingerprint density at radius 1 is 1.33 bits per heavy atom. The zero-order chi connectivity index (χ0) is 15.6. The first-order chi connectivity index (χ1) is 9.77. The van der Waals surface area contributed by atoms with Gasteiger partial charge in [-0.15, -0.1) is 0 Å². The third-order valence-electron chi connectivity index (χ3n) is 2.53. The molecule has 0 amide bonds. The average Bonchev–Trinajstić information content (AvgIpc) is 2.84. The number of rotatable bonds is 5. The summed E-state index contributed by atoms with van der Waals surface area (Å²) in [5.41, 5.74) is 0.0404. The molecule has 0 radical (unpaired) electrons. The van der Waals surface area contributed by atoms with E-state index in [1.54, 1.807) is 0 Å². The van der Waals surface area contributed by atoms with E-state index >= 15 is 0 Å². The van der Waals surface area contributed by atoms with Crippen LogP contribution >= 0.6 is 11.6 Å². The van der Waals surface area contributed by atoms with Gasteiger partial charge in [0.05, 0.1) is 11.5 Å². The second kappa shape index (κ2) is 5.72. The van der Waals surface area contributed by atoms with Crippen LogP contribution in [0.15, 0.2) is 39.8 Å². The van der Waals surface area contributed by atoms with Gasteiger partial charge in [-0.2, -0.15) is 0 Å². The summed E-state index contributed by atoms with van der Waals surface area (Å²) < 4.78 is 27.2. The second-order valence-electron chi connectivity index (χ2n) is 4.04. The number of nitrogens with two attached hydrogens (primary N) is 1. The number of nitro groups is 1. The smallest absolute Gasteiger partial charge is 0.292 e. The van der Waals surface area contributed by atoms with Crippen LogP contribution in [-0.4, -0.2) is 13.3 Å². The molecule has 0 atom stereocenters.